The molecule has 0 aliphatic carbocycles. The molecule has 144 valence electrons. The van der Waals surface area contributed by atoms with Gasteiger partial charge >= 0.3 is 6.03 Å². The van der Waals surface area contributed by atoms with Crippen LogP contribution in [0.25, 0.3) is 0 Å². The molecule has 2 aliphatic rings. The Morgan fingerprint density at radius 1 is 1.27 bits per heavy atom. The number of carbonyl (C=O) groups is 1. The average molecular weight is 360 g/mol. The topological polar surface area (TPSA) is 44.8 Å². The number of amides is 2. The summed E-state index contributed by atoms with van der Waals surface area (Å²) in [5, 5.41) is 3.11. The average Bonchev–Trinajstić information content (AvgIpc) is 3.19. The lowest BCUT2D eigenvalue weighted by atomic mass is 10.0. The zero-order chi connectivity index (χ0) is 18.2. The number of carbonyl (C=O) groups excluding carboxylic acids is 1. The van der Waals surface area contributed by atoms with E-state index in [1.54, 1.807) is 0 Å². The van der Waals surface area contributed by atoms with E-state index in [2.05, 4.69) is 52.4 Å². The maximum absolute atomic E-state index is 12.8. The zero-order valence-electron chi connectivity index (χ0n) is 16.0. The fourth-order valence-corrected chi connectivity index (χ4v) is 4.07. The van der Waals surface area contributed by atoms with Gasteiger partial charge in [0.25, 0.3) is 0 Å². The second-order valence-electron chi connectivity index (χ2n) is 7.53. The summed E-state index contributed by atoms with van der Waals surface area (Å²) < 4.78 is 5.63. The van der Waals surface area contributed by atoms with Crippen molar-refractivity contribution in [3.63, 3.8) is 0 Å². The van der Waals surface area contributed by atoms with Crippen LogP contribution in [0.1, 0.15) is 44.6 Å². The predicted molar refractivity (Wildman–Crippen MR) is 104 cm³/mol. The molecule has 2 aliphatic heterocycles. The smallest absolute Gasteiger partial charge is 0.317 e. The molecular weight excluding hydrogens is 326 g/mol. The Morgan fingerprint density at radius 2 is 2.12 bits per heavy atom. The van der Waals surface area contributed by atoms with Crippen molar-refractivity contribution in [2.45, 2.75) is 57.7 Å². The van der Waals surface area contributed by atoms with E-state index in [0.717, 1.165) is 64.9 Å². The summed E-state index contributed by atoms with van der Waals surface area (Å²) in [5.74, 6) is 0. The Balaban J connectivity index is 1.54. The van der Waals surface area contributed by atoms with Gasteiger partial charge < -0.3 is 15.0 Å². The first-order chi connectivity index (χ1) is 12.8. The van der Waals surface area contributed by atoms with Crippen LogP contribution in [0.5, 0.6) is 0 Å². The molecule has 5 nitrogen and oxygen atoms in total. The summed E-state index contributed by atoms with van der Waals surface area (Å²) in [6.45, 7) is 7.47. The minimum atomic E-state index is 0.0777. The fourth-order valence-electron chi connectivity index (χ4n) is 4.07. The number of likely N-dealkylation sites (tertiary alicyclic amines) is 1. The SMILES string of the molecule is CCCN(C(=O)NC[C@H]1CCCO1)[C@@H]1CCCN(Cc2ccccc2)C1. The van der Waals surface area contributed by atoms with Gasteiger partial charge in [-0.1, -0.05) is 37.3 Å². The Hall–Kier alpha value is -1.59. The number of piperidine rings is 1. The van der Waals surface area contributed by atoms with Crippen LogP contribution in [0.15, 0.2) is 30.3 Å². The van der Waals surface area contributed by atoms with Crippen molar-refractivity contribution in [3.05, 3.63) is 35.9 Å². The molecule has 0 spiro atoms. The molecule has 0 radical (unpaired) electrons. The normalized spacial score (nSPS) is 23.7. The van der Waals surface area contributed by atoms with Gasteiger partial charge in [-0.2, -0.15) is 0 Å². The number of hydrogen-bond acceptors (Lipinski definition) is 3. The molecule has 0 unspecified atom stereocenters. The molecule has 2 fully saturated rings. The van der Waals surface area contributed by atoms with E-state index in [0.29, 0.717) is 12.6 Å². The highest BCUT2D eigenvalue weighted by molar-refractivity contribution is 5.74. The van der Waals surface area contributed by atoms with Crippen LogP contribution >= 0.6 is 0 Å². The lowest BCUT2D eigenvalue weighted by Crippen LogP contribution is -2.53. The number of benzene rings is 1. The van der Waals surface area contributed by atoms with Crippen LogP contribution in [0.2, 0.25) is 0 Å². The van der Waals surface area contributed by atoms with E-state index in [-0.39, 0.29) is 12.1 Å². The van der Waals surface area contributed by atoms with Crippen LogP contribution in [0, 0.1) is 0 Å². The maximum Gasteiger partial charge on any atom is 0.317 e. The van der Waals surface area contributed by atoms with Crippen LogP contribution in [0.3, 0.4) is 0 Å². The Bertz CT molecular complexity index is 545. The highest BCUT2D eigenvalue weighted by atomic mass is 16.5. The first-order valence-corrected chi connectivity index (χ1v) is 10.2. The van der Waals surface area contributed by atoms with E-state index in [1.807, 2.05) is 0 Å². The maximum atomic E-state index is 12.8. The Morgan fingerprint density at radius 3 is 2.85 bits per heavy atom. The summed E-state index contributed by atoms with van der Waals surface area (Å²) in [7, 11) is 0. The fraction of sp³-hybridized carbons (Fsp3) is 0.667. The second-order valence-corrected chi connectivity index (χ2v) is 7.53. The van der Waals surface area contributed by atoms with Crippen LogP contribution < -0.4 is 5.32 Å². The quantitative estimate of drug-likeness (QED) is 0.813. The second kappa shape index (κ2) is 9.93. The molecule has 5 heteroatoms. The minimum absolute atomic E-state index is 0.0777. The molecular formula is C21H33N3O2. The molecule has 1 N–H and O–H groups in total. The number of urea groups is 1. The molecule has 0 bridgehead atoms. The summed E-state index contributed by atoms with van der Waals surface area (Å²) in [6.07, 6.45) is 5.60. The van der Waals surface area contributed by atoms with Crippen molar-refractivity contribution in [2.75, 3.05) is 32.8 Å². The van der Waals surface area contributed by atoms with E-state index < -0.39 is 0 Å². The van der Waals surface area contributed by atoms with Crippen molar-refractivity contribution < 1.29 is 9.53 Å². The summed E-state index contributed by atoms with van der Waals surface area (Å²) in [5.41, 5.74) is 1.35. The molecule has 0 saturated carbocycles. The molecule has 1 aromatic rings. The highest BCUT2D eigenvalue weighted by Crippen LogP contribution is 2.19. The van der Waals surface area contributed by atoms with Gasteiger partial charge in [-0.15, -0.1) is 0 Å². The Labute approximate surface area is 157 Å². The van der Waals surface area contributed by atoms with E-state index in [9.17, 15) is 4.79 Å². The third-order valence-corrected chi connectivity index (χ3v) is 5.40. The molecule has 0 aromatic heterocycles. The van der Waals surface area contributed by atoms with Crippen molar-refractivity contribution in [2.24, 2.45) is 0 Å². The van der Waals surface area contributed by atoms with Gasteiger partial charge in [0, 0.05) is 38.8 Å². The molecule has 2 amide bonds. The third kappa shape index (κ3) is 5.45. The van der Waals surface area contributed by atoms with Crippen LogP contribution in [-0.2, 0) is 11.3 Å². The van der Waals surface area contributed by atoms with Gasteiger partial charge in [-0.25, -0.2) is 4.79 Å². The molecule has 26 heavy (non-hydrogen) atoms. The largest absolute Gasteiger partial charge is 0.376 e. The van der Waals surface area contributed by atoms with Gasteiger partial charge in [0.05, 0.1) is 6.10 Å². The summed E-state index contributed by atoms with van der Waals surface area (Å²) in [6, 6.07) is 11.0. The zero-order valence-corrected chi connectivity index (χ0v) is 16.0. The van der Waals surface area contributed by atoms with Crippen molar-refractivity contribution in [1.29, 1.82) is 0 Å². The van der Waals surface area contributed by atoms with Gasteiger partial charge in [0.15, 0.2) is 0 Å². The minimum Gasteiger partial charge on any atom is -0.376 e. The van der Waals surface area contributed by atoms with E-state index in [1.165, 1.54) is 5.56 Å². The van der Waals surface area contributed by atoms with Crippen molar-refractivity contribution >= 4 is 6.03 Å². The summed E-state index contributed by atoms with van der Waals surface area (Å²) in [4.78, 5) is 17.3. The van der Waals surface area contributed by atoms with Gasteiger partial charge in [-0.3, -0.25) is 4.90 Å². The lowest BCUT2D eigenvalue weighted by Gasteiger charge is -2.39. The first kappa shape index (κ1) is 19.2. The van der Waals surface area contributed by atoms with Gasteiger partial charge in [0.2, 0.25) is 0 Å². The molecule has 2 saturated heterocycles. The summed E-state index contributed by atoms with van der Waals surface area (Å²) >= 11 is 0. The lowest BCUT2D eigenvalue weighted by molar-refractivity contribution is 0.0943. The number of nitrogens with zero attached hydrogens (tertiary/aromatic N) is 2. The monoisotopic (exact) mass is 359 g/mol. The molecule has 2 heterocycles. The van der Waals surface area contributed by atoms with E-state index in [4.69, 9.17) is 4.74 Å². The van der Waals surface area contributed by atoms with Crippen LogP contribution in [-0.4, -0.2) is 60.8 Å². The first-order valence-electron chi connectivity index (χ1n) is 10.2. The number of nitrogens with one attached hydrogen (secondary N) is 1. The highest BCUT2D eigenvalue weighted by Gasteiger charge is 2.28. The van der Waals surface area contributed by atoms with Crippen LogP contribution in [0.4, 0.5) is 4.79 Å². The molecule has 3 rings (SSSR count). The number of hydrogen-bond donors (Lipinski definition) is 1. The van der Waals surface area contributed by atoms with Crippen molar-refractivity contribution in [1.82, 2.24) is 15.1 Å². The van der Waals surface area contributed by atoms with Gasteiger partial charge in [-0.05, 0) is 44.2 Å². The predicted octanol–water partition coefficient (Wildman–Crippen LogP) is 3.25. The number of rotatable bonds is 7. The number of ether oxygens (including phenoxy) is 1. The van der Waals surface area contributed by atoms with E-state index >= 15 is 0 Å². The van der Waals surface area contributed by atoms with Gasteiger partial charge in [0.1, 0.15) is 0 Å². The standard InChI is InChI=1S/C21H33N3O2/c1-2-12-24(21(25)22-15-20-11-7-14-26-20)19-10-6-13-23(17-19)16-18-8-4-3-5-9-18/h3-5,8-9,19-20H,2,6-7,10-17H2,1H3,(H,22,25)/t19-,20-/m1/s1. The molecule has 2 atom stereocenters. The third-order valence-electron chi connectivity index (χ3n) is 5.40. The molecule has 1 aromatic carbocycles. The Kier molecular flexibility index (Phi) is 7.32. The van der Waals surface area contributed by atoms with Crippen molar-refractivity contribution in [3.8, 4) is 0 Å².